The summed E-state index contributed by atoms with van der Waals surface area (Å²) in [6.45, 7) is -0.503. The predicted molar refractivity (Wildman–Crippen MR) is 51.9 cm³/mol. The number of aliphatic hydroxyl groups is 1. The highest BCUT2D eigenvalue weighted by molar-refractivity contribution is 7.89. The van der Waals surface area contributed by atoms with Crippen molar-refractivity contribution in [1.82, 2.24) is 4.72 Å². The molecule has 90 valence electrons. The number of aliphatic carboxylic acids is 1. The lowest BCUT2D eigenvalue weighted by molar-refractivity contribution is -0.139. The number of methoxy groups -OCH3 is 1. The van der Waals surface area contributed by atoms with Crippen LogP contribution in [0.15, 0.2) is 0 Å². The molecule has 0 aromatic heterocycles. The normalized spacial score (nSPS) is 13.7. The van der Waals surface area contributed by atoms with Crippen molar-refractivity contribution in [2.45, 2.75) is 12.5 Å². The maximum atomic E-state index is 11.2. The fourth-order valence-electron chi connectivity index (χ4n) is 0.835. The molecule has 0 fully saturated rings. The van der Waals surface area contributed by atoms with Gasteiger partial charge >= 0.3 is 5.97 Å². The molecule has 15 heavy (non-hydrogen) atoms. The Kier molecular flexibility index (Phi) is 6.41. The molecule has 0 amide bonds. The Labute approximate surface area is 88.1 Å². The fraction of sp³-hybridized carbons (Fsp3) is 0.857. The highest BCUT2D eigenvalue weighted by Gasteiger charge is 2.22. The molecule has 3 N–H and O–H groups in total. The number of carboxylic acids is 1. The van der Waals surface area contributed by atoms with Gasteiger partial charge in [-0.05, 0) is 6.42 Å². The molecule has 0 aromatic rings. The summed E-state index contributed by atoms with van der Waals surface area (Å²) in [5, 5.41) is 17.1. The Bertz CT molecular complexity index is 288. The van der Waals surface area contributed by atoms with Crippen molar-refractivity contribution in [3.8, 4) is 0 Å². The van der Waals surface area contributed by atoms with Crippen molar-refractivity contribution in [3.63, 3.8) is 0 Å². The van der Waals surface area contributed by atoms with E-state index in [1.54, 1.807) is 0 Å². The molecule has 0 unspecified atom stereocenters. The molecule has 0 spiro atoms. The molecule has 0 saturated carbocycles. The van der Waals surface area contributed by atoms with E-state index >= 15 is 0 Å². The predicted octanol–water partition coefficient (Wildman–Crippen LogP) is -1.61. The minimum atomic E-state index is -3.68. The number of sulfonamides is 1. The highest BCUT2D eigenvalue weighted by Crippen LogP contribution is 1.93. The van der Waals surface area contributed by atoms with Gasteiger partial charge in [-0.1, -0.05) is 0 Å². The summed E-state index contributed by atoms with van der Waals surface area (Å²) in [6.07, 6.45) is 0.267. The first-order valence-electron chi connectivity index (χ1n) is 4.25. The molecule has 0 heterocycles. The number of aliphatic hydroxyl groups excluding tert-OH is 1. The third-order valence-corrected chi connectivity index (χ3v) is 3.03. The van der Waals surface area contributed by atoms with Crippen molar-refractivity contribution in [1.29, 1.82) is 0 Å². The molecule has 0 bridgehead atoms. The quantitative estimate of drug-likeness (QED) is 0.440. The lowest BCUT2D eigenvalue weighted by atomic mass is 10.3. The topological polar surface area (TPSA) is 113 Å². The van der Waals surface area contributed by atoms with Crippen molar-refractivity contribution in [3.05, 3.63) is 0 Å². The number of hydrogen-bond acceptors (Lipinski definition) is 5. The van der Waals surface area contributed by atoms with E-state index < -0.39 is 28.6 Å². The molecular formula is C7H15NO6S. The Hall–Kier alpha value is -0.700. The van der Waals surface area contributed by atoms with Gasteiger partial charge in [0.2, 0.25) is 10.0 Å². The maximum Gasteiger partial charge on any atom is 0.324 e. The molecule has 8 heteroatoms. The van der Waals surface area contributed by atoms with Crippen LogP contribution in [0, 0.1) is 0 Å². The fourth-order valence-corrected chi connectivity index (χ4v) is 2.06. The third-order valence-electron chi connectivity index (χ3n) is 1.56. The van der Waals surface area contributed by atoms with Crippen molar-refractivity contribution in [2.24, 2.45) is 0 Å². The molecule has 1 atom stereocenters. The number of hydrogen-bond donors (Lipinski definition) is 3. The first-order chi connectivity index (χ1) is 6.93. The SMILES string of the molecule is COCCCS(=O)(=O)N[C@H](CO)C(=O)O. The van der Waals surface area contributed by atoms with Gasteiger partial charge in [-0.25, -0.2) is 8.42 Å². The van der Waals surface area contributed by atoms with Crippen molar-refractivity contribution in [2.75, 3.05) is 26.1 Å². The van der Waals surface area contributed by atoms with Gasteiger partial charge in [-0.15, -0.1) is 0 Å². The summed E-state index contributed by atoms with van der Waals surface area (Å²) in [5.74, 6) is -1.64. The van der Waals surface area contributed by atoms with Crippen LogP contribution in [-0.2, 0) is 19.6 Å². The van der Waals surface area contributed by atoms with Gasteiger partial charge in [0, 0.05) is 13.7 Å². The van der Waals surface area contributed by atoms with E-state index in [2.05, 4.69) is 4.74 Å². The van der Waals surface area contributed by atoms with Gasteiger partial charge in [-0.2, -0.15) is 4.72 Å². The minimum absolute atomic E-state index is 0.232. The van der Waals surface area contributed by atoms with Crippen LogP contribution in [0.4, 0.5) is 0 Å². The summed E-state index contributed by atoms with van der Waals surface area (Å²) in [6, 6.07) is -1.49. The largest absolute Gasteiger partial charge is 0.480 e. The van der Waals surface area contributed by atoms with Crippen LogP contribution in [0.2, 0.25) is 0 Å². The van der Waals surface area contributed by atoms with E-state index in [9.17, 15) is 13.2 Å². The van der Waals surface area contributed by atoms with E-state index in [0.29, 0.717) is 0 Å². The summed E-state index contributed by atoms with van der Waals surface area (Å²) in [5.41, 5.74) is 0. The first-order valence-corrected chi connectivity index (χ1v) is 5.90. The Morgan fingerprint density at radius 3 is 2.53 bits per heavy atom. The number of rotatable bonds is 8. The number of carboxylic acid groups (broad SMARTS) is 1. The second kappa shape index (κ2) is 6.72. The van der Waals surface area contributed by atoms with Crippen LogP contribution in [0.1, 0.15) is 6.42 Å². The molecule has 0 aliphatic rings. The van der Waals surface area contributed by atoms with Crippen molar-refractivity contribution < 1.29 is 28.2 Å². The molecule has 0 rings (SSSR count). The number of nitrogens with one attached hydrogen (secondary N) is 1. The average Bonchev–Trinajstić information content (AvgIpc) is 2.14. The average molecular weight is 241 g/mol. The van der Waals surface area contributed by atoms with Gasteiger partial charge in [0.15, 0.2) is 0 Å². The van der Waals surface area contributed by atoms with Gasteiger partial charge in [0.1, 0.15) is 6.04 Å². The zero-order valence-electron chi connectivity index (χ0n) is 8.34. The maximum absolute atomic E-state index is 11.2. The van der Waals surface area contributed by atoms with E-state index in [1.165, 1.54) is 7.11 Å². The number of carbonyl (C=O) groups is 1. The van der Waals surface area contributed by atoms with Crippen LogP contribution >= 0.6 is 0 Å². The Balaban J connectivity index is 4.17. The van der Waals surface area contributed by atoms with Crippen LogP contribution in [0.5, 0.6) is 0 Å². The minimum Gasteiger partial charge on any atom is -0.480 e. The zero-order chi connectivity index (χ0) is 11.9. The van der Waals surface area contributed by atoms with Crippen LogP contribution in [0.25, 0.3) is 0 Å². The number of ether oxygens (including phenoxy) is 1. The van der Waals surface area contributed by atoms with E-state index in [4.69, 9.17) is 10.2 Å². The smallest absolute Gasteiger partial charge is 0.324 e. The van der Waals surface area contributed by atoms with E-state index in [1.807, 2.05) is 4.72 Å². The summed E-state index contributed by atoms with van der Waals surface area (Å²) in [7, 11) is -2.24. The van der Waals surface area contributed by atoms with Gasteiger partial charge in [0.25, 0.3) is 0 Å². The van der Waals surface area contributed by atoms with Crippen LogP contribution in [0.3, 0.4) is 0 Å². The van der Waals surface area contributed by atoms with Gasteiger partial charge in [-0.3, -0.25) is 4.79 Å². The Morgan fingerprint density at radius 1 is 1.53 bits per heavy atom. The molecule has 0 aromatic carbocycles. The zero-order valence-corrected chi connectivity index (χ0v) is 9.16. The molecule has 0 saturated heterocycles. The van der Waals surface area contributed by atoms with E-state index in [0.717, 1.165) is 0 Å². The van der Waals surface area contributed by atoms with Gasteiger partial charge < -0.3 is 14.9 Å². The molecule has 0 radical (unpaired) electrons. The Morgan fingerprint density at radius 2 is 2.13 bits per heavy atom. The standard InChI is InChI=1S/C7H15NO6S/c1-14-3-2-4-15(12,13)8-6(5-9)7(10)11/h6,8-9H,2-5H2,1H3,(H,10,11)/t6-/m1/s1. The lowest BCUT2D eigenvalue weighted by Gasteiger charge is -2.11. The lowest BCUT2D eigenvalue weighted by Crippen LogP contribution is -2.44. The van der Waals surface area contributed by atoms with E-state index in [-0.39, 0.29) is 18.8 Å². The summed E-state index contributed by atoms with van der Waals surface area (Å²) in [4.78, 5) is 10.4. The van der Waals surface area contributed by atoms with Crippen LogP contribution < -0.4 is 4.72 Å². The highest BCUT2D eigenvalue weighted by atomic mass is 32.2. The third kappa shape index (κ3) is 6.39. The molecule has 0 aliphatic carbocycles. The second-order valence-corrected chi connectivity index (χ2v) is 4.73. The molecule has 0 aliphatic heterocycles. The molecule has 7 nitrogen and oxygen atoms in total. The van der Waals surface area contributed by atoms with Crippen molar-refractivity contribution >= 4 is 16.0 Å². The summed E-state index contributed by atoms with van der Waals surface area (Å²) >= 11 is 0. The van der Waals surface area contributed by atoms with Crippen LogP contribution in [-0.4, -0.2) is 56.7 Å². The first kappa shape index (κ1) is 14.3. The van der Waals surface area contributed by atoms with Gasteiger partial charge in [0.05, 0.1) is 12.4 Å². The second-order valence-electron chi connectivity index (χ2n) is 2.86. The summed E-state index contributed by atoms with van der Waals surface area (Å²) < 4.78 is 29.0. The monoisotopic (exact) mass is 241 g/mol. The molecular weight excluding hydrogens is 226 g/mol.